The molecule has 7 rings (SSSR count). The van der Waals surface area contributed by atoms with Crippen LogP contribution >= 0.6 is 23.4 Å². The van der Waals surface area contributed by atoms with Gasteiger partial charge in [-0.2, -0.15) is 0 Å². The van der Waals surface area contributed by atoms with Crippen molar-refractivity contribution in [3.63, 3.8) is 0 Å². The molecule has 1 unspecified atom stereocenters. The standard InChI is InChI=1S/C38H26ClFN4O3S/c1-23-10-12-24(13-11-23)34-41-32-9-5-3-7-30(32)36(46)43(34)29-20-16-25(17-21-29)35(45)42-44-37(47)33(22-27-6-2-4-8-31(27)39)48-38(44)26-14-18-28(40)19-15-26/h2-22,38H,1H3,(H,42,45)/b33-22-. The Hall–Kier alpha value is -5.51. The number of para-hydroxylation sites is 1. The van der Waals surface area contributed by atoms with Gasteiger partial charge in [-0.25, -0.2) is 14.4 Å². The molecule has 1 N–H and O–H groups in total. The lowest BCUT2D eigenvalue weighted by molar-refractivity contribution is -0.128. The normalized spacial score (nSPS) is 15.3. The summed E-state index contributed by atoms with van der Waals surface area (Å²) < 4.78 is 15.3. The average molecular weight is 673 g/mol. The molecule has 2 amide bonds. The second kappa shape index (κ2) is 12.9. The van der Waals surface area contributed by atoms with Crippen LogP contribution in [0.15, 0.2) is 131 Å². The van der Waals surface area contributed by atoms with Crippen LogP contribution in [0.3, 0.4) is 0 Å². The molecule has 7 nitrogen and oxygen atoms in total. The molecule has 1 aliphatic rings. The molecule has 1 aliphatic heterocycles. The fraction of sp³-hybridized carbons (Fsp3) is 0.0526. The van der Waals surface area contributed by atoms with E-state index >= 15 is 0 Å². The number of hydrazine groups is 1. The van der Waals surface area contributed by atoms with Gasteiger partial charge in [0.25, 0.3) is 17.4 Å². The minimum atomic E-state index is -0.658. The van der Waals surface area contributed by atoms with Gasteiger partial charge in [0.05, 0.1) is 21.5 Å². The number of carbonyl (C=O) groups excluding carboxylic acids is 2. The van der Waals surface area contributed by atoms with E-state index in [2.05, 4.69) is 5.43 Å². The van der Waals surface area contributed by atoms with Crippen LogP contribution in [0.4, 0.5) is 4.39 Å². The molecule has 1 atom stereocenters. The molecule has 1 aromatic heterocycles. The summed E-state index contributed by atoms with van der Waals surface area (Å²) in [6.45, 7) is 1.99. The van der Waals surface area contributed by atoms with Crippen LogP contribution < -0.4 is 11.0 Å². The third kappa shape index (κ3) is 6.01. The van der Waals surface area contributed by atoms with Gasteiger partial charge >= 0.3 is 0 Å². The molecule has 1 saturated heterocycles. The van der Waals surface area contributed by atoms with E-state index in [0.29, 0.717) is 43.5 Å². The van der Waals surface area contributed by atoms with Gasteiger partial charge in [-0.1, -0.05) is 95.7 Å². The van der Waals surface area contributed by atoms with Crippen LogP contribution in [0.5, 0.6) is 0 Å². The highest BCUT2D eigenvalue weighted by Gasteiger charge is 2.39. The Labute approximate surface area is 284 Å². The minimum Gasteiger partial charge on any atom is -0.268 e. The third-order valence-corrected chi connectivity index (χ3v) is 9.54. The van der Waals surface area contributed by atoms with Crippen molar-refractivity contribution in [2.75, 3.05) is 0 Å². The van der Waals surface area contributed by atoms with E-state index in [4.69, 9.17) is 16.6 Å². The highest BCUT2D eigenvalue weighted by molar-refractivity contribution is 8.04. The Morgan fingerprint density at radius 2 is 1.56 bits per heavy atom. The maximum atomic E-state index is 13.8. The van der Waals surface area contributed by atoms with Crippen LogP contribution in [-0.4, -0.2) is 26.4 Å². The van der Waals surface area contributed by atoms with Gasteiger partial charge in [-0.05, 0) is 78.7 Å². The number of fused-ring (bicyclic) bond motifs is 1. The predicted octanol–water partition coefficient (Wildman–Crippen LogP) is 8.11. The molecule has 0 spiro atoms. The van der Waals surface area contributed by atoms with Crippen molar-refractivity contribution >= 4 is 52.2 Å². The summed E-state index contributed by atoms with van der Waals surface area (Å²) in [7, 11) is 0. The van der Waals surface area contributed by atoms with Crippen molar-refractivity contribution < 1.29 is 14.0 Å². The molecule has 48 heavy (non-hydrogen) atoms. The molecular weight excluding hydrogens is 647 g/mol. The number of thioether (sulfide) groups is 1. The highest BCUT2D eigenvalue weighted by Crippen LogP contribution is 2.45. The summed E-state index contributed by atoms with van der Waals surface area (Å²) in [5.41, 5.74) is 6.99. The molecule has 5 aromatic carbocycles. The number of rotatable bonds is 6. The van der Waals surface area contributed by atoms with Crippen molar-refractivity contribution in [1.82, 2.24) is 20.0 Å². The molecule has 2 heterocycles. The summed E-state index contributed by atoms with van der Waals surface area (Å²) in [6, 6.07) is 34.3. The fourth-order valence-corrected chi connectivity index (χ4v) is 6.81. The van der Waals surface area contributed by atoms with Crippen LogP contribution in [0.2, 0.25) is 5.02 Å². The first-order valence-electron chi connectivity index (χ1n) is 15.0. The van der Waals surface area contributed by atoms with Gasteiger partial charge in [0, 0.05) is 16.1 Å². The summed E-state index contributed by atoms with van der Waals surface area (Å²) in [4.78, 5) is 46.3. The summed E-state index contributed by atoms with van der Waals surface area (Å²) >= 11 is 7.58. The Bertz CT molecular complexity index is 2290. The molecule has 0 radical (unpaired) electrons. The van der Waals surface area contributed by atoms with E-state index in [0.717, 1.165) is 11.1 Å². The number of carbonyl (C=O) groups is 2. The zero-order valence-electron chi connectivity index (χ0n) is 25.4. The number of hydrogen-bond acceptors (Lipinski definition) is 5. The zero-order valence-corrected chi connectivity index (χ0v) is 27.0. The van der Waals surface area contributed by atoms with E-state index in [1.54, 1.807) is 78.9 Å². The first-order valence-corrected chi connectivity index (χ1v) is 16.2. The number of nitrogens with zero attached hydrogens (tertiary/aromatic N) is 3. The SMILES string of the molecule is Cc1ccc(-c2nc3ccccc3c(=O)n2-c2ccc(C(=O)NN3C(=O)/C(=C/c4ccccc4Cl)SC3c3ccc(F)cc3)cc2)cc1. The topological polar surface area (TPSA) is 84.3 Å². The number of aromatic nitrogens is 2. The van der Waals surface area contributed by atoms with E-state index in [1.165, 1.54) is 33.5 Å². The van der Waals surface area contributed by atoms with Crippen molar-refractivity contribution in [1.29, 1.82) is 0 Å². The zero-order chi connectivity index (χ0) is 33.4. The van der Waals surface area contributed by atoms with Crippen molar-refractivity contribution in [2.24, 2.45) is 0 Å². The summed E-state index contributed by atoms with van der Waals surface area (Å²) in [6.07, 6.45) is 1.67. The molecule has 0 bridgehead atoms. The highest BCUT2D eigenvalue weighted by atomic mass is 35.5. The molecule has 10 heteroatoms. The van der Waals surface area contributed by atoms with Gasteiger partial charge < -0.3 is 0 Å². The molecular formula is C38H26ClFN4O3S. The maximum absolute atomic E-state index is 13.8. The van der Waals surface area contributed by atoms with E-state index in [9.17, 15) is 18.8 Å². The van der Waals surface area contributed by atoms with Crippen molar-refractivity contribution in [3.05, 3.63) is 170 Å². The largest absolute Gasteiger partial charge is 0.280 e. The monoisotopic (exact) mass is 672 g/mol. The van der Waals surface area contributed by atoms with Gasteiger partial charge in [0.1, 0.15) is 17.0 Å². The molecule has 236 valence electrons. The quantitative estimate of drug-likeness (QED) is 0.181. The van der Waals surface area contributed by atoms with Crippen LogP contribution in [0.25, 0.3) is 34.1 Å². The van der Waals surface area contributed by atoms with E-state index in [1.807, 2.05) is 43.3 Å². The third-order valence-electron chi connectivity index (χ3n) is 7.94. The lowest BCUT2D eigenvalue weighted by Crippen LogP contribution is -2.44. The Morgan fingerprint density at radius 3 is 2.29 bits per heavy atom. The van der Waals surface area contributed by atoms with Crippen LogP contribution in [-0.2, 0) is 4.79 Å². The van der Waals surface area contributed by atoms with Gasteiger partial charge in [-0.3, -0.25) is 24.4 Å². The molecule has 6 aromatic rings. The van der Waals surface area contributed by atoms with E-state index < -0.39 is 23.0 Å². The fourth-order valence-electron chi connectivity index (χ4n) is 5.44. The maximum Gasteiger partial charge on any atom is 0.280 e. The number of aryl methyl sites for hydroxylation is 1. The van der Waals surface area contributed by atoms with E-state index in [-0.39, 0.29) is 11.1 Å². The molecule has 0 aliphatic carbocycles. The van der Waals surface area contributed by atoms with Crippen LogP contribution in [0.1, 0.15) is 32.4 Å². The van der Waals surface area contributed by atoms with Gasteiger partial charge in [-0.15, -0.1) is 0 Å². The van der Waals surface area contributed by atoms with Gasteiger partial charge in [0.15, 0.2) is 0 Å². The first-order chi connectivity index (χ1) is 23.3. The predicted molar refractivity (Wildman–Crippen MR) is 188 cm³/mol. The first kappa shape index (κ1) is 31.1. The number of nitrogens with one attached hydrogen (secondary N) is 1. The second-order valence-corrected chi connectivity index (χ2v) is 12.7. The second-order valence-electron chi connectivity index (χ2n) is 11.2. The Balaban J connectivity index is 1.22. The number of amides is 2. The minimum absolute atomic E-state index is 0.243. The number of hydrogen-bond donors (Lipinski definition) is 1. The lowest BCUT2D eigenvalue weighted by atomic mass is 10.1. The number of halogens is 2. The lowest BCUT2D eigenvalue weighted by Gasteiger charge is -2.24. The molecule has 0 saturated carbocycles. The molecule has 1 fully saturated rings. The number of benzene rings is 5. The summed E-state index contributed by atoms with van der Waals surface area (Å²) in [5.74, 6) is -0.919. The Kier molecular flexibility index (Phi) is 8.39. The summed E-state index contributed by atoms with van der Waals surface area (Å²) in [5, 5.41) is 1.53. The van der Waals surface area contributed by atoms with Crippen molar-refractivity contribution in [2.45, 2.75) is 12.3 Å². The average Bonchev–Trinajstić information content (AvgIpc) is 3.40. The van der Waals surface area contributed by atoms with Crippen molar-refractivity contribution in [3.8, 4) is 17.1 Å². The van der Waals surface area contributed by atoms with Gasteiger partial charge in [0.2, 0.25) is 0 Å². The smallest absolute Gasteiger partial charge is 0.268 e. The van der Waals surface area contributed by atoms with Crippen LogP contribution in [0, 0.1) is 12.7 Å². The Morgan fingerprint density at radius 1 is 0.875 bits per heavy atom.